The average molecular weight is 515 g/mol. The topological polar surface area (TPSA) is 94.4 Å². The number of phenols is 1. The maximum atomic E-state index is 13.8. The minimum atomic E-state index is -0.495. The van der Waals surface area contributed by atoms with Gasteiger partial charge in [-0.25, -0.2) is 4.39 Å². The maximum Gasteiger partial charge on any atom is 0.276 e. The summed E-state index contributed by atoms with van der Waals surface area (Å²) in [6.07, 6.45) is 4.82. The van der Waals surface area contributed by atoms with Crippen LogP contribution in [-0.2, 0) is 16.0 Å². The predicted octanol–water partition coefficient (Wildman–Crippen LogP) is 5.71. The number of amides is 2. The van der Waals surface area contributed by atoms with Gasteiger partial charge < -0.3 is 10.4 Å². The number of rotatable bonds is 6. The molecule has 0 atom stereocenters. The molecular formula is C28H23FN4O3S. The number of amidine groups is 1. The SMILES string of the molecule is CCCCc1ccc(N2C(=O)C(=Cc3ccc(O)cc3)SC2=NN=C2C(=O)Nc3ccc(F)cc32)cc1. The highest BCUT2D eigenvalue weighted by Gasteiger charge is 2.35. The molecule has 37 heavy (non-hydrogen) atoms. The van der Waals surface area contributed by atoms with E-state index in [0.29, 0.717) is 21.8 Å². The van der Waals surface area contributed by atoms with E-state index in [1.54, 1.807) is 30.3 Å². The summed E-state index contributed by atoms with van der Waals surface area (Å²) in [5.74, 6) is -1.15. The van der Waals surface area contributed by atoms with Gasteiger partial charge in [-0.05, 0) is 84.3 Å². The molecule has 0 bridgehead atoms. The van der Waals surface area contributed by atoms with E-state index in [2.05, 4.69) is 22.4 Å². The molecule has 0 spiro atoms. The lowest BCUT2D eigenvalue weighted by Crippen LogP contribution is -2.28. The van der Waals surface area contributed by atoms with Gasteiger partial charge in [0.25, 0.3) is 11.8 Å². The highest BCUT2D eigenvalue weighted by Crippen LogP contribution is 2.36. The van der Waals surface area contributed by atoms with E-state index in [1.807, 2.05) is 24.3 Å². The van der Waals surface area contributed by atoms with Crippen LogP contribution >= 0.6 is 11.8 Å². The third-order valence-electron chi connectivity index (χ3n) is 5.95. The van der Waals surface area contributed by atoms with Crippen LogP contribution in [0, 0.1) is 5.82 Å². The Hall–Kier alpha value is -4.24. The largest absolute Gasteiger partial charge is 0.508 e. The zero-order chi connectivity index (χ0) is 25.9. The number of fused-ring (bicyclic) bond motifs is 1. The van der Waals surface area contributed by atoms with Crippen molar-refractivity contribution in [1.29, 1.82) is 0 Å². The standard InChI is InChI=1S/C28H23FN4O3S/c1-2-3-4-17-5-10-20(11-6-17)33-27(36)24(15-18-7-12-21(34)13-8-18)37-28(33)32-31-25-22-16-19(29)9-14-23(22)30-26(25)35/h5-16,34H,2-4H2,1H3,(H,30,31,35). The van der Waals surface area contributed by atoms with Crippen LogP contribution in [-0.4, -0.2) is 27.8 Å². The van der Waals surface area contributed by atoms with Crippen molar-refractivity contribution in [2.24, 2.45) is 10.2 Å². The Kier molecular flexibility index (Phi) is 6.87. The van der Waals surface area contributed by atoms with Crippen molar-refractivity contribution in [1.82, 2.24) is 0 Å². The number of carbonyl (C=O) groups excluding carboxylic acids is 2. The third-order valence-corrected chi connectivity index (χ3v) is 6.91. The minimum absolute atomic E-state index is 0.0270. The second-order valence-electron chi connectivity index (χ2n) is 8.59. The molecule has 7 nitrogen and oxygen atoms in total. The first-order valence-corrected chi connectivity index (χ1v) is 12.6. The van der Waals surface area contributed by atoms with Crippen LogP contribution in [0.3, 0.4) is 0 Å². The van der Waals surface area contributed by atoms with Gasteiger partial charge in [-0.2, -0.15) is 0 Å². The molecule has 2 amide bonds. The van der Waals surface area contributed by atoms with E-state index < -0.39 is 11.7 Å². The van der Waals surface area contributed by atoms with Gasteiger partial charge in [0.05, 0.1) is 16.3 Å². The first-order chi connectivity index (χ1) is 17.9. The predicted molar refractivity (Wildman–Crippen MR) is 145 cm³/mol. The fourth-order valence-electron chi connectivity index (χ4n) is 4.00. The quantitative estimate of drug-likeness (QED) is 0.326. The zero-order valence-electron chi connectivity index (χ0n) is 19.9. The van der Waals surface area contributed by atoms with Crippen molar-refractivity contribution in [3.8, 4) is 5.75 Å². The van der Waals surface area contributed by atoms with Crippen LogP contribution in [0.1, 0.15) is 36.5 Å². The molecule has 9 heteroatoms. The van der Waals surface area contributed by atoms with Gasteiger partial charge in [-0.15, -0.1) is 10.2 Å². The van der Waals surface area contributed by atoms with Gasteiger partial charge in [-0.1, -0.05) is 37.6 Å². The lowest BCUT2D eigenvalue weighted by atomic mass is 10.1. The molecule has 3 aromatic carbocycles. The van der Waals surface area contributed by atoms with Crippen molar-refractivity contribution in [2.45, 2.75) is 26.2 Å². The Morgan fingerprint density at radius 1 is 1.03 bits per heavy atom. The van der Waals surface area contributed by atoms with Gasteiger partial charge in [0.1, 0.15) is 11.6 Å². The Labute approximate surface area is 217 Å². The summed E-state index contributed by atoms with van der Waals surface area (Å²) < 4.78 is 13.8. The fraction of sp³-hybridized carbons (Fsp3) is 0.143. The van der Waals surface area contributed by atoms with Crippen molar-refractivity contribution >= 4 is 51.9 Å². The van der Waals surface area contributed by atoms with Crippen molar-refractivity contribution < 1.29 is 19.1 Å². The average Bonchev–Trinajstić information content (AvgIpc) is 3.37. The van der Waals surface area contributed by atoms with Crippen LogP contribution in [0.4, 0.5) is 15.8 Å². The summed E-state index contributed by atoms with van der Waals surface area (Å²) in [5.41, 5.74) is 3.26. The van der Waals surface area contributed by atoms with E-state index in [9.17, 15) is 19.1 Å². The normalized spacial score (nSPS) is 18.2. The molecule has 3 aromatic rings. The molecule has 2 aliphatic rings. The first-order valence-electron chi connectivity index (χ1n) is 11.8. The fourth-order valence-corrected chi connectivity index (χ4v) is 4.93. The van der Waals surface area contributed by atoms with Crippen molar-refractivity contribution in [3.05, 3.63) is 94.1 Å². The Bertz CT molecular complexity index is 1460. The van der Waals surface area contributed by atoms with Gasteiger partial charge in [0.2, 0.25) is 5.17 Å². The summed E-state index contributed by atoms with van der Waals surface area (Å²) >= 11 is 1.12. The van der Waals surface area contributed by atoms with E-state index in [0.717, 1.165) is 36.6 Å². The number of carbonyl (C=O) groups is 2. The van der Waals surface area contributed by atoms with Gasteiger partial charge in [-0.3, -0.25) is 14.5 Å². The maximum absolute atomic E-state index is 13.8. The molecule has 0 unspecified atom stereocenters. The lowest BCUT2D eigenvalue weighted by Gasteiger charge is -2.15. The van der Waals surface area contributed by atoms with E-state index in [1.165, 1.54) is 28.7 Å². The Morgan fingerprint density at radius 2 is 1.78 bits per heavy atom. The molecule has 0 aliphatic carbocycles. The van der Waals surface area contributed by atoms with Crippen LogP contribution in [0.2, 0.25) is 0 Å². The lowest BCUT2D eigenvalue weighted by molar-refractivity contribution is -0.113. The summed E-state index contributed by atoms with van der Waals surface area (Å²) in [6.45, 7) is 2.14. The van der Waals surface area contributed by atoms with Crippen molar-refractivity contribution in [3.63, 3.8) is 0 Å². The van der Waals surface area contributed by atoms with Crippen LogP contribution < -0.4 is 10.2 Å². The molecular weight excluding hydrogens is 491 g/mol. The number of phenolic OH excluding ortho intramolecular Hbond substituents is 1. The number of hydrogen-bond acceptors (Lipinski definition) is 6. The highest BCUT2D eigenvalue weighted by atomic mass is 32.2. The number of halogens is 1. The molecule has 1 fully saturated rings. The van der Waals surface area contributed by atoms with Gasteiger partial charge >= 0.3 is 0 Å². The first kappa shape index (κ1) is 24.5. The molecule has 2 aliphatic heterocycles. The summed E-state index contributed by atoms with van der Waals surface area (Å²) in [7, 11) is 0. The minimum Gasteiger partial charge on any atom is -0.508 e. The molecule has 5 rings (SSSR count). The van der Waals surface area contributed by atoms with E-state index in [4.69, 9.17) is 0 Å². The number of aryl methyl sites for hydroxylation is 1. The number of nitrogens with one attached hydrogen (secondary N) is 1. The number of aromatic hydroxyl groups is 1. The summed E-state index contributed by atoms with van der Waals surface area (Å²) in [5, 5.41) is 20.9. The number of benzene rings is 3. The van der Waals surface area contributed by atoms with Crippen LogP contribution in [0.15, 0.2) is 81.8 Å². The number of nitrogens with zero attached hydrogens (tertiary/aromatic N) is 3. The highest BCUT2D eigenvalue weighted by molar-refractivity contribution is 8.19. The number of unbranched alkanes of at least 4 members (excludes halogenated alkanes) is 1. The second kappa shape index (κ2) is 10.4. The van der Waals surface area contributed by atoms with Gasteiger partial charge in [0, 0.05) is 5.56 Å². The molecule has 1 saturated heterocycles. The molecule has 0 radical (unpaired) electrons. The van der Waals surface area contributed by atoms with Crippen molar-refractivity contribution in [2.75, 3.05) is 10.2 Å². The Morgan fingerprint density at radius 3 is 2.51 bits per heavy atom. The molecule has 186 valence electrons. The number of hydrogen-bond donors (Lipinski definition) is 2. The summed E-state index contributed by atoms with van der Waals surface area (Å²) in [4.78, 5) is 27.8. The molecule has 0 saturated carbocycles. The molecule has 2 heterocycles. The third kappa shape index (κ3) is 5.17. The van der Waals surface area contributed by atoms with E-state index >= 15 is 0 Å². The van der Waals surface area contributed by atoms with E-state index in [-0.39, 0.29) is 22.5 Å². The summed E-state index contributed by atoms with van der Waals surface area (Å²) in [6, 6.07) is 18.1. The zero-order valence-corrected chi connectivity index (χ0v) is 20.8. The molecule has 0 aromatic heterocycles. The monoisotopic (exact) mass is 514 g/mol. The second-order valence-corrected chi connectivity index (χ2v) is 9.60. The van der Waals surface area contributed by atoms with Crippen LogP contribution in [0.5, 0.6) is 5.75 Å². The number of thioether (sulfide) groups is 1. The molecule has 2 N–H and O–H groups in total. The smallest absolute Gasteiger partial charge is 0.276 e. The van der Waals surface area contributed by atoms with Gasteiger partial charge in [0.15, 0.2) is 5.71 Å². The Balaban J connectivity index is 1.53. The van der Waals surface area contributed by atoms with Crippen LogP contribution in [0.25, 0.3) is 6.08 Å². The number of anilines is 2.